The topological polar surface area (TPSA) is 49.4 Å². The molecule has 0 fully saturated rings. The van der Waals surface area contributed by atoms with E-state index in [2.05, 4.69) is 5.32 Å². The summed E-state index contributed by atoms with van der Waals surface area (Å²) < 4.78 is 13.4. The van der Waals surface area contributed by atoms with Gasteiger partial charge in [0.2, 0.25) is 11.8 Å². The van der Waals surface area contributed by atoms with Crippen LogP contribution in [0.2, 0.25) is 5.02 Å². The summed E-state index contributed by atoms with van der Waals surface area (Å²) in [5.74, 6) is -0.817. The third kappa shape index (κ3) is 3.58. The van der Waals surface area contributed by atoms with Crippen LogP contribution in [0.5, 0.6) is 0 Å². The summed E-state index contributed by atoms with van der Waals surface area (Å²) in [5.41, 5.74) is 1.33. The number of amides is 2. The maximum Gasteiger partial charge on any atom is 0.244 e. The molecule has 0 bridgehead atoms. The zero-order chi connectivity index (χ0) is 19.1. The van der Waals surface area contributed by atoms with Crippen LogP contribution in [0.25, 0.3) is 0 Å². The van der Waals surface area contributed by atoms with E-state index >= 15 is 0 Å². The highest BCUT2D eigenvalue weighted by molar-refractivity contribution is 6.30. The van der Waals surface area contributed by atoms with Crippen LogP contribution in [0, 0.1) is 11.2 Å². The molecule has 0 spiro atoms. The van der Waals surface area contributed by atoms with Crippen LogP contribution in [0.3, 0.4) is 0 Å². The van der Waals surface area contributed by atoms with E-state index in [1.165, 1.54) is 17.0 Å². The first-order valence-corrected chi connectivity index (χ1v) is 8.70. The fourth-order valence-electron chi connectivity index (χ4n) is 3.10. The molecule has 2 amide bonds. The van der Waals surface area contributed by atoms with Gasteiger partial charge in [0.25, 0.3) is 0 Å². The molecule has 0 saturated carbocycles. The Kier molecular flexibility index (Phi) is 4.76. The van der Waals surface area contributed by atoms with Crippen LogP contribution >= 0.6 is 11.6 Å². The Morgan fingerprint density at radius 1 is 1.19 bits per heavy atom. The standard InChI is InChI=1S/C20H20ClFN2O2/c1-20(2,3)19(26)24-11-17(25)23-16-9-6-13(21)10-15(16)18(24)12-4-7-14(22)8-5-12/h4-10,18H,11H2,1-3H3,(H,23,25)/t18-/m1/s1. The summed E-state index contributed by atoms with van der Waals surface area (Å²) in [6.45, 7) is 5.32. The van der Waals surface area contributed by atoms with Crippen LogP contribution < -0.4 is 5.32 Å². The Morgan fingerprint density at radius 3 is 2.46 bits per heavy atom. The molecule has 3 rings (SSSR count). The molecule has 2 aromatic carbocycles. The molecule has 1 N–H and O–H groups in total. The van der Waals surface area contributed by atoms with Crippen LogP contribution in [-0.4, -0.2) is 23.3 Å². The number of carbonyl (C=O) groups excluding carboxylic acids is 2. The van der Waals surface area contributed by atoms with Crippen LogP contribution in [0.4, 0.5) is 10.1 Å². The monoisotopic (exact) mass is 374 g/mol. The molecule has 26 heavy (non-hydrogen) atoms. The molecule has 0 saturated heterocycles. The number of benzene rings is 2. The first-order valence-electron chi connectivity index (χ1n) is 8.32. The SMILES string of the molecule is CC(C)(C)C(=O)N1CC(=O)Nc2ccc(Cl)cc2[C@H]1c1ccc(F)cc1. The summed E-state index contributed by atoms with van der Waals surface area (Å²) in [4.78, 5) is 27.0. The van der Waals surface area contributed by atoms with Gasteiger partial charge in [-0.1, -0.05) is 44.5 Å². The van der Waals surface area contributed by atoms with Gasteiger partial charge in [0, 0.05) is 21.7 Å². The van der Waals surface area contributed by atoms with Gasteiger partial charge in [0.1, 0.15) is 12.4 Å². The van der Waals surface area contributed by atoms with Crippen molar-refractivity contribution < 1.29 is 14.0 Å². The average molecular weight is 375 g/mol. The molecule has 0 unspecified atom stereocenters. The largest absolute Gasteiger partial charge is 0.324 e. The lowest BCUT2D eigenvalue weighted by Crippen LogP contribution is -2.44. The molecule has 2 aromatic rings. The second-order valence-electron chi connectivity index (χ2n) is 7.42. The molecular weight excluding hydrogens is 355 g/mol. The first kappa shape index (κ1) is 18.4. The average Bonchev–Trinajstić information content (AvgIpc) is 2.70. The summed E-state index contributed by atoms with van der Waals surface area (Å²) in [6, 6.07) is 10.5. The van der Waals surface area contributed by atoms with Crippen molar-refractivity contribution in [2.24, 2.45) is 5.41 Å². The molecule has 1 aliphatic heterocycles. The minimum Gasteiger partial charge on any atom is -0.324 e. The number of fused-ring (bicyclic) bond motifs is 1. The highest BCUT2D eigenvalue weighted by Gasteiger charge is 2.37. The summed E-state index contributed by atoms with van der Waals surface area (Å²) in [7, 11) is 0. The van der Waals surface area contributed by atoms with Gasteiger partial charge in [-0.3, -0.25) is 9.59 Å². The molecule has 0 radical (unpaired) electrons. The minimum atomic E-state index is -0.679. The number of carbonyl (C=O) groups is 2. The van der Waals surface area contributed by atoms with Gasteiger partial charge in [-0.05, 0) is 35.9 Å². The minimum absolute atomic E-state index is 0.0928. The van der Waals surface area contributed by atoms with E-state index in [1.807, 2.05) is 0 Å². The Bertz CT molecular complexity index is 859. The van der Waals surface area contributed by atoms with E-state index in [1.54, 1.807) is 51.1 Å². The number of halogens is 2. The second-order valence-corrected chi connectivity index (χ2v) is 7.85. The van der Waals surface area contributed by atoms with Crippen LogP contribution in [-0.2, 0) is 9.59 Å². The van der Waals surface area contributed by atoms with Crippen molar-refractivity contribution in [1.82, 2.24) is 4.90 Å². The van der Waals surface area contributed by atoms with Crippen molar-refractivity contribution in [3.63, 3.8) is 0 Å². The van der Waals surface area contributed by atoms with E-state index in [0.29, 0.717) is 21.8 Å². The van der Waals surface area contributed by atoms with Gasteiger partial charge in [-0.25, -0.2) is 4.39 Å². The van der Waals surface area contributed by atoms with Gasteiger partial charge < -0.3 is 10.2 Å². The predicted molar refractivity (Wildman–Crippen MR) is 99.5 cm³/mol. The summed E-state index contributed by atoms with van der Waals surface area (Å²) >= 11 is 6.19. The van der Waals surface area contributed by atoms with Crippen molar-refractivity contribution in [1.29, 1.82) is 0 Å². The number of hydrogen-bond donors (Lipinski definition) is 1. The lowest BCUT2D eigenvalue weighted by molar-refractivity contribution is -0.143. The zero-order valence-electron chi connectivity index (χ0n) is 14.8. The molecular formula is C20H20ClFN2O2. The molecule has 0 aromatic heterocycles. The third-order valence-corrected chi connectivity index (χ3v) is 4.53. The smallest absolute Gasteiger partial charge is 0.244 e. The Labute approximate surface area is 157 Å². The highest BCUT2D eigenvalue weighted by atomic mass is 35.5. The number of nitrogens with one attached hydrogen (secondary N) is 1. The lowest BCUT2D eigenvalue weighted by Gasteiger charge is -2.35. The van der Waals surface area contributed by atoms with Crippen LogP contribution in [0.15, 0.2) is 42.5 Å². The Balaban J connectivity index is 2.22. The first-order chi connectivity index (χ1) is 12.2. The zero-order valence-corrected chi connectivity index (χ0v) is 15.6. The van der Waals surface area contributed by atoms with Gasteiger partial charge in [0.15, 0.2) is 0 Å². The number of nitrogens with zero attached hydrogens (tertiary/aromatic N) is 1. The van der Waals surface area contributed by atoms with Crippen molar-refractivity contribution in [3.8, 4) is 0 Å². The molecule has 6 heteroatoms. The van der Waals surface area contributed by atoms with Gasteiger partial charge in [-0.2, -0.15) is 0 Å². The third-order valence-electron chi connectivity index (χ3n) is 4.30. The summed E-state index contributed by atoms with van der Waals surface area (Å²) in [5, 5.41) is 3.33. The predicted octanol–water partition coefficient (Wildman–Crippen LogP) is 4.40. The molecule has 0 aliphatic carbocycles. The van der Waals surface area contributed by atoms with Crippen molar-refractivity contribution >= 4 is 29.1 Å². The lowest BCUT2D eigenvalue weighted by atomic mass is 9.90. The molecule has 1 aliphatic rings. The highest BCUT2D eigenvalue weighted by Crippen LogP contribution is 2.39. The fraction of sp³-hybridized carbons (Fsp3) is 0.300. The molecule has 4 nitrogen and oxygen atoms in total. The van der Waals surface area contributed by atoms with Crippen molar-refractivity contribution in [2.75, 3.05) is 11.9 Å². The van der Waals surface area contributed by atoms with Gasteiger partial charge in [0.05, 0.1) is 6.04 Å². The maximum absolute atomic E-state index is 13.4. The summed E-state index contributed by atoms with van der Waals surface area (Å²) in [6.07, 6.45) is 0. The van der Waals surface area contributed by atoms with E-state index in [0.717, 1.165) is 0 Å². The molecule has 1 atom stereocenters. The van der Waals surface area contributed by atoms with Crippen molar-refractivity contribution in [2.45, 2.75) is 26.8 Å². The van der Waals surface area contributed by atoms with E-state index in [-0.39, 0.29) is 24.2 Å². The van der Waals surface area contributed by atoms with Gasteiger partial charge >= 0.3 is 0 Å². The second kappa shape index (κ2) is 6.72. The normalized spacial score (nSPS) is 17.3. The molecule has 1 heterocycles. The number of hydrogen-bond acceptors (Lipinski definition) is 2. The van der Waals surface area contributed by atoms with Crippen LogP contribution in [0.1, 0.15) is 37.9 Å². The fourth-order valence-corrected chi connectivity index (χ4v) is 3.28. The van der Waals surface area contributed by atoms with E-state index in [4.69, 9.17) is 11.6 Å². The quantitative estimate of drug-likeness (QED) is 0.804. The Morgan fingerprint density at radius 2 is 1.85 bits per heavy atom. The van der Waals surface area contributed by atoms with Crippen molar-refractivity contribution in [3.05, 3.63) is 64.4 Å². The molecule has 136 valence electrons. The maximum atomic E-state index is 13.4. The number of anilines is 1. The van der Waals surface area contributed by atoms with E-state index < -0.39 is 11.5 Å². The Hall–Kier alpha value is -2.40. The number of rotatable bonds is 1. The van der Waals surface area contributed by atoms with Gasteiger partial charge in [-0.15, -0.1) is 0 Å². The van der Waals surface area contributed by atoms with E-state index in [9.17, 15) is 14.0 Å².